The molecule has 0 aliphatic carbocycles. The number of hydrogen-bond acceptors (Lipinski definition) is 3. The lowest BCUT2D eigenvalue weighted by Gasteiger charge is -2.40. The Kier molecular flexibility index (Phi) is 4.07. The molecular weight excluding hydrogens is 278 g/mol. The third-order valence-corrected chi connectivity index (χ3v) is 3.80. The van der Waals surface area contributed by atoms with E-state index in [0.717, 1.165) is 24.1 Å². The highest BCUT2D eigenvalue weighted by Gasteiger charge is 2.21. The van der Waals surface area contributed by atoms with Crippen LogP contribution in [0.4, 0.5) is 5.69 Å². The molecule has 94 valence electrons. The number of halogens is 1. The van der Waals surface area contributed by atoms with Gasteiger partial charge in [-0.25, -0.2) is 0 Å². The molecule has 0 amide bonds. The van der Waals surface area contributed by atoms with Crippen LogP contribution >= 0.6 is 15.9 Å². The largest absolute Gasteiger partial charge is 0.366 e. The molecule has 1 saturated heterocycles. The normalized spacial score (nSPS) is 21.9. The van der Waals surface area contributed by atoms with E-state index >= 15 is 0 Å². The minimum absolute atomic E-state index is 0.550. The van der Waals surface area contributed by atoms with Gasteiger partial charge in [-0.2, -0.15) is 0 Å². The minimum Gasteiger partial charge on any atom is -0.366 e. The van der Waals surface area contributed by atoms with Crippen molar-refractivity contribution in [1.29, 1.82) is 0 Å². The maximum atomic E-state index is 5.73. The number of rotatable bonds is 2. The Labute approximate surface area is 112 Å². The van der Waals surface area contributed by atoms with E-state index < -0.39 is 0 Å². The first kappa shape index (κ1) is 12.9. The van der Waals surface area contributed by atoms with Gasteiger partial charge in [-0.3, -0.25) is 0 Å². The van der Waals surface area contributed by atoms with E-state index in [0.29, 0.717) is 12.6 Å². The van der Waals surface area contributed by atoms with Crippen molar-refractivity contribution >= 4 is 21.6 Å². The highest BCUT2D eigenvalue weighted by Crippen LogP contribution is 2.25. The number of nitrogens with zero attached hydrogens (tertiary/aromatic N) is 2. The van der Waals surface area contributed by atoms with E-state index in [1.165, 1.54) is 11.3 Å². The predicted molar refractivity (Wildman–Crippen MR) is 76.3 cm³/mol. The standard InChI is InChI=1S/C13H20BrN3/c1-10-9-16(2)3-4-17(10)13-6-11(8-15)5-12(14)7-13/h5-7,10H,3-4,8-9,15H2,1-2H3. The van der Waals surface area contributed by atoms with Gasteiger partial charge in [0.1, 0.15) is 0 Å². The van der Waals surface area contributed by atoms with Crippen LogP contribution in [0.1, 0.15) is 12.5 Å². The minimum atomic E-state index is 0.550. The van der Waals surface area contributed by atoms with Crippen LogP contribution in [-0.4, -0.2) is 37.6 Å². The molecule has 1 aromatic carbocycles. The van der Waals surface area contributed by atoms with Crippen LogP contribution in [0.15, 0.2) is 22.7 Å². The SMILES string of the molecule is CC1CN(C)CCN1c1cc(Br)cc(CN)c1. The van der Waals surface area contributed by atoms with Gasteiger partial charge in [0.15, 0.2) is 0 Å². The molecule has 1 aliphatic rings. The Balaban J connectivity index is 2.24. The van der Waals surface area contributed by atoms with E-state index in [2.05, 4.69) is 57.9 Å². The van der Waals surface area contributed by atoms with Gasteiger partial charge < -0.3 is 15.5 Å². The molecular formula is C13H20BrN3. The zero-order valence-electron chi connectivity index (χ0n) is 10.5. The van der Waals surface area contributed by atoms with E-state index in [-0.39, 0.29) is 0 Å². The summed E-state index contributed by atoms with van der Waals surface area (Å²) < 4.78 is 1.11. The maximum absolute atomic E-state index is 5.73. The van der Waals surface area contributed by atoms with Gasteiger partial charge in [-0.1, -0.05) is 15.9 Å². The summed E-state index contributed by atoms with van der Waals surface area (Å²) in [5.41, 5.74) is 8.19. The fourth-order valence-corrected chi connectivity index (χ4v) is 2.97. The number of benzene rings is 1. The van der Waals surface area contributed by atoms with E-state index in [4.69, 9.17) is 5.73 Å². The highest BCUT2D eigenvalue weighted by atomic mass is 79.9. The summed E-state index contributed by atoms with van der Waals surface area (Å²) in [5.74, 6) is 0. The van der Waals surface area contributed by atoms with Gasteiger partial charge in [-0.05, 0) is 37.7 Å². The van der Waals surface area contributed by atoms with E-state index in [9.17, 15) is 0 Å². The second-order valence-corrected chi connectivity index (χ2v) is 5.74. The Bertz CT molecular complexity index is 394. The van der Waals surface area contributed by atoms with E-state index in [1.807, 2.05) is 0 Å². The van der Waals surface area contributed by atoms with Gasteiger partial charge in [0, 0.05) is 42.4 Å². The first-order valence-corrected chi connectivity index (χ1v) is 6.84. The lowest BCUT2D eigenvalue weighted by Crippen LogP contribution is -2.50. The van der Waals surface area contributed by atoms with E-state index in [1.54, 1.807) is 0 Å². The Morgan fingerprint density at radius 3 is 2.76 bits per heavy atom. The topological polar surface area (TPSA) is 32.5 Å². The molecule has 1 aromatic rings. The lowest BCUT2D eigenvalue weighted by atomic mass is 10.1. The molecule has 1 fully saturated rings. The molecule has 4 heteroatoms. The maximum Gasteiger partial charge on any atom is 0.0389 e. The highest BCUT2D eigenvalue weighted by molar-refractivity contribution is 9.10. The summed E-state index contributed by atoms with van der Waals surface area (Å²) in [6.45, 7) is 6.19. The molecule has 1 atom stereocenters. The predicted octanol–water partition coefficient (Wildman–Crippen LogP) is 2.05. The molecule has 1 unspecified atom stereocenters. The molecule has 0 saturated carbocycles. The second kappa shape index (κ2) is 5.38. The number of likely N-dealkylation sites (N-methyl/N-ethyl adjacent to an activating group) is 1. The van der Waals surface area contributed by atoms with Gasteiger partial charge in [-0.15, -0.1) is 0 Å². The van der Waals surface area contributed by atoms with Crippen molar-refractivity contribution in [2.45, 2.75) is 19.5 Å². The quantitative estimate of drug-likeness (QED) is 0.907. The van der Waals surface area contributed by atoms with Crippen molar-refractivity contribution in [3.05, 3.63) is 28.2 Å². The third kappa shape index (κ3) is 3.00. The van der Waals surface area contributed by atoms with Crippen molar-refractivity contribution in [2.75, 3.05) is 31.6 Å². The molecule has 0 spiro atoms. The molecule has 17 heavy (non-hydrogen) atoms. The fourth-order valence-electron chi connectivity index (χ4n) is 2.44. The summed E-state index contributed by atoms with van der Waals surface area (Å²) in [4.78, 5) is 4.84. The van der Waals surface area contributed by atoms with Crippen LogP contribution in [0.5, 0.6) is 0 Å². The molecule has 1 aliphatic heterocycles. The summed E-state index contributed by atoms with van der Waals surface area (Å²) in [5, 5.41) is 0. The Hall–Kier alpha value is -0.580. The average molecular weight is 298 g/mol. The Morgan fingerprint density at radius 1 is 1.35 bits per heavy atom. The molecule has 1 heterocycles. The van der Waals surface area contributed by atoms with Crippen LogP contribution in [0.3, 0.4) is 0 Å². The smallest absolute Gasteiger partial charge is 0.0389 e. The summed E-state index contributed by atoms with van der Waals surface area (Å²) >= 11 is 3.56. The second-order valence-electron chi connectivity index (χ2n) is 4.83. The molecule has 2 N–H and O–H groups in total. The average Bonchev–Trinajstić information content (AvgIpc) is 2.28. The zero-order valence-corrected chi connectivity index (χ0v) is 12.1. The van der Waals surface area contributed by atoms with Gasteiger partial charge in [0.2, 0.25) is 0 Å². The van der Waals surface area contributed by atoms with Crippen molar-refractivity contribution in [2.24, 2.45) is 5.73 Å². The molecule has 2 rings (SSSR count). The summed E-state index contributed by atoms with van der Waals surface area (Å²) in [6.07, 6.45) is 0. The molecule has 0 radical (unpaired) electrons. The fraction of sp³-hybridized carbons (Fsp3) is 0.538. The molecule has 0 aromatic heterocycles. The van der Waals surface area contributed by atoms with Crippen LogP contribution in [-0.2, 0) is 6.54 Å². The van der Waals surface area contributed by atoms with Crippen LogP contribution in [0.2, 0.25) is 0 Å². The van der Waals surface area contributed by atoms with Crippen molar-refractivity contribution in [3.8, 4) is 0 Å². The molecule has 0 bridgehead atoms. The van der Waals surface area contributed by atoms with Crippen molar-refractivity contribution in [1.82, 2.24) is 4.90 Å². The van der Waals surface area contributed by atoms with Crippen LogP contribution in [0, 0.1) is 0 Å². The number of nitrogens with two attached hydrogens (primary N) is 1. The lowest BCUT2D eigenvalue weighted by molar-refractivity contribution is 0.275. The monoisotopic (exact) mass is 297 g/mol. The first-order chi connectivity index (χ1) is 8.10. The third-order valence-electron chi connectivity index (χ3n) is 3.34. The number of piperazine rings is 1. The van der Waals surface area contributed by atoms with Crippen LogP contribution < -0.4 is 10.6 Å². The Morgan fingerprint density at radius 2 is 2.12 bits per heavy atom. The summed E-state index contributed by atoms with van der Waals surface area (Å²) in [6, 6.07) is 7.02. The zero-order chi connectivity index (χ0) is 12.4. The number of hydrogen-bond donors (Lipinski definition) is 1. The van der Waals surface area contributed by atoms with Crippen molar-refractivity contribution < 1.29 is 0 Å². The molecule has 3 nitrogen and oxygen atoms in total. The van der Waals surface area contributed by atoms with Crippen molar-refractivity contribution in [3.63, 3.8) is 0 Å². The van der Waals surface area contributed by atoms with Gasteiger partial charge in [0.05, 0.1) is 0 Å². The first-order valence-electron chi connectivity index (χ1n) is 6.05. The van der Waals surface area contributed by atoms with Gasteiger partial charge in [0.25, 0.3) is 0 Å². The van der Waals surface area contributed by atoms with Gasteiger partial charge >= 0.3 is 0 Å². The summed E-state index contributed by atoms with van der Waals surface area (Å²) in [7, 11) is 2.18. The van der Waals surface area contributed by atoms with Crippen LogP contribution in [0.25, 0.3) is 0 Å². The number of anilines is 1.